The van der Waals surface area contributed by atoms with Crippen LogP contribution in [0.2, 0.25) is 0 Å². The summed E-state index contributed by atoms with van der Waals surface area (Å²) in [5.74, 6) is -0.520. The average molecular weight is 928 g/mol. The maximum Gasteiger partial charge on any atom is 0.324 e. The first kappa shape index (κ1) is 46.6. The van der Waals surface area contributed by atoms with Gasteiger partial charge >= 0.3 is 5.97 Å². The van der Waals surface area contributed by atoms with E-state index in [-0.39, 0.29) is 60.3 Å². The molecular weight excluding hydrogens is 859 g/mol. The number of esters is 1. The minimum absolute atomic E-state index is 0.0524. The van der Waals surface area contributed by atoms with Crippen LogP contribution in [0.25, 0.3) is 33.3 Å². The molecule has 0 unspecified atom stereocenters. The number of amides is 3. The molecule has 2 aromatic carbocycles. The van der Waals surface area contributed by atoms with Crippen LogP contribution in [0.3, 0.4) is 0 Å². The molecule has 3 amide bonds. The van der Waals surface area contributed by atoms with Crippen LogP contribution in [-0.2, 0) is 52.8 Å². The number of benzene rings is 2. The summed E-state index contributed by atoms with van der Waals surface area (Å²) in [6.07, 6.45) is 9.24. The highest BCUT2D eigenvalue weighted by Gasteiger charge is 2.51. The number of methoxy groups -OCH3 is 1. The molecule has 1 aliphatic carbocycles. The van der Waals surface area contributed by atoms with Gasteiger partial charge in [-0.1, -0.05) is 57.0 Å². The summed E-state index contributed by atoms with van der Waals surface area (Å²) in [7, 11) is 1.71. The number of carbonyl (C=O) groups is 4. The number of nitrogens with one attached hydrogen (secondary N) is 2. The maximum absolute atomic E-state index is 15.1. The Kier molecular flexibility index (Phi) is 13.0. The van der Waals surface area contributed by atoms with E-state index in [1.807, 2.05) is 36.2 Å². The molecule has 7 heterocycles. The topological polar surface area (TPSA) is 151 Å². The van der Waals surface area contributed by atoms with Gasteiger partial charge in [0.25, 0.3) is 11.8 Å². The number of hydrazine groups is 1. The molecule has 6 aliphatic rings. The molecule has 5 aliphatic heterocycles. The lowest BCUT2D eigenvalue weighted by Crippen LogP contribution is -2.62. The number of cyclic esters (lactones) is 1. The highest BCUT2D eigenvalue weighted by atomic mass is 16.6. The lowest BCUT2D eigenvalue weighted by Gasteiger charge is -2.37. The van der Waals surface area contributed by atoms with Crippen molar-refractivity contribution in [2.24, 2.45) is 16.7 Å². The quantitative estimate of drug-likeness (QED) is 0.138. The van der Waals surface area contributed by atoms with Crippen LogP contribution in [0.15, 0.2) is 60.8 Å². The van der Waals surface area contributed by atoms with E-state index in [2.05, 4.69) is 77.4 Å². The first-order valence-electron chi connectivity index (χ1n) is 25.3. The van der Waals surface area contributed by atoms with E-state index < -0.39 is 23.5 Å². The second-order valence-electron chi connectivity index (χ2n) is 21.4. The van der Waals surface area contributed by atoms with Gasteiger partial charge in [0, 0.05) is 79.7 Å². The smallest absolute Gasteiger partial charge is 0.324 e. The van der Waals surface area contributed by atoms with Crippen LogP contribution < -0.4 is 10.7 Å². The predicted molar refractivity (Wildman–Crippen MR) is 259 cm³/mol. The fraction of sp³-hybridized carbons (Fsp3) is 0.574. The third kappa shape index (κ3) is 9.21. The summed E-state index contributed by atoms with van der Waals surface area (Å²) in [5, 5.41) is 6.01. The first-order chi connectivity index (χ1) is 32.8. The van der Waals surface area contributed by atoms with Crippen molar-refractivity contribution in [2.75, 3.05) is 53.0 Å². The van der Waals surface area contributed by atoms with E-state index in [1.165, 1.54) is 0 Å². The summed E-state index contributed by atoms with van der Waals surface area (Å²) in [6, 6.07) is 17.1. The number of pyridine rings is 1. The number of likely N-dealkylation sites (tertiary alicyclic amines) is 2. The van der Waals surface area contributed by atoms with Crippen molar-refractivity contribution in [3.63, 3.8) is 0 Å². The first-order valence-corrected chi connectivity index (χ1v) is 25.3. The third-order valence-corrected chi connectivity index (χ3v) is 16.0. The van der Waals surface area contributed by atoms with Gasteiger partial charge in [0.1, 0.15) is 12.1 Å². The molecule has 362 valence electrons. The normalized spacial score (nSPS) is 26.5. The number of fused-ring (bicyclic) bond motifs is 6. The van der Waals surface area contributed by atoms with Crippen molar-refractivity contribution < 1.29 is 33.4 Å². The molecule has 14 heteroatoms. The van der Waals surface area contributed by atoms with Crippen molar-refractivity contribution in [3.05, 3.63) is 77.6 Å². The Balaban J connectivity index is 1.01. The predicted octanol–water partition coefficient (Wildman–Crippen LogP) is 6.63. The summed E-state index contributed by atoms with van der Waals surface area (Å²) in [4.78, 5) is 66.2. The van der Waals surface area contributed by atoms with Crippen LogP contribution >= 0.6 is 0 Å². The van der Waals surface area contributed by atoms with E-state index in [9.17, 15) is 14.4 Å². The number of aromatic nitrogens is 2. The Morgan fingerprint density at radius 2 is 1.76 bits per heavy atom. The molecule has 68 heavy (non-hydrogen) atoms. The number of hydrogen-bond acceptors (Lipinski definition) is 10. The third-order valence-electron chi connectivity index (χ3n) is 16.0. The van der Waals surface area contributed by atoms with E-state index in [1.54, 1.807) is 12.1 Å². The molecule has 6 bridgehead atoms. The molecule has 1 spiro atoms. The Morgan fingerprint density at radius 1 is 0.971 bits per heavy atom. The summed E-state index contributed by atoms with van der Waals surface area (Å²) >= 11 is 0. The maximum atomic E-state index is 15.1. The van der Waals surface area contributed by atoms with Crippen LogP contribution in [0, 0.1) is 16.7 Å². The molecule has 0 radical (unpaired) electrons. The van der Waals surface area contributed by atoms with Crippen molar-refractivity contribution in [3.8, 4) is 22.4 Å². The number of carbonyl (C=O) groups excluding carboxylic acids is 4. The van der Waals surface area contributed by atoms with Gasteiger partial charge in [0.2, 0.25) is 5.91 Å². The standard InChI is InChI=1S/C54H69N7O7/c1-6-60-44-19-18-38-28-40(44)41(48(60)39-16-10-22-55-46(39)34(2)66-5)29-53(3,4)33-68-52(65)42-17-11-23-61(57-42)50(63)43(27-35-12-9-15-37(38)26-35)56-49(62)47(36-13-7-8-14-36)58-24-20-54(31-58)21-25-59(32-54)51(64)45-30-67-45/h9-10,12,15-16,18-19,22,26,28,34,36,42-43,45,47,57H,6-8,11,13-14,17,20-21,23-25,27,29-33H2,1-5H3,(H,56,62)/t34-,42-,43-,45+,47-,54-/m0/s1. The van der Waals surface area contributed by atoms with E-state index in [4.69, 9.17) is 19.2 Å². The lowest BCUT2D eigenvalue weighted by atomic mass is 9.84. The van der Waals surface area contributed by atoms with Crippen molar-refractivity contribution in [1.29, 1.82) is 0 Å². The van der Waals surface area contributed by atoms with Crippen LogP contribution in [0.1, 0.15) is 102 Å². The van der Waals surface area contributed by atoms with E-state index in [0.29, 0.717) is 39.0 Å². The number of ether oxygens (including phenoxy) is 3. The van der Waals surface area contributed by atoms with E-state index in [0.717, 1.165) is 115 Å². The molecule has 14 nitrogen and oxygen atoms in total. The molecule has 5 fully saturated rings. The molecule has 2 aromatic heterocycles. The van der Waals surface area contributed by atoms with Gasteiger partial charge in [-0.3, -0.25) is 34.1 Å². The highest BCUT2D eigenvalue weighted by molar-refractivity contribution is 5.96. The van der Waals surface area contributed by atoms with Crippen molar-refractivity contribution in [1.82, 2.24) is 35.1 Å². The summed E-state index contributed by atoms with van der Waals surface area (Å²) in [6.45, 7) is 13.2. The van der Waals surface area contributed by atoms with Crippen molar-refractivity contribution >= 4 is 34.6 Å². The average Bonchev–Trinajstić information content (AvgIpc) is 3.60. The zero-order valence-corrected chi connectivity index (χ0v) is 40.6. The minimum Gasteiger partial charge on any atom is -0.464 e. The Bertz CT molecular complexity index is 2560. The fourth-order valence-corrected chi connectivity index (χ4v) is 12.3. The monoisotopic (exact) mass is 928 g/mol. The van der Waals surface area contributed by atoms with Crippen LogP contribution in [-0.4, -0.2) is 125 Å². The molecule has 4 saturated heterocycles. The number of nitrogens with zero attached hydrogens (tertiary/aromatic N) is 5. The summed E-state index contributed by atoms with van der Waals surface area (Å²) in [5.41, 5.74) is 10.9. The lowest BCUT2D eigenvalue weighted by molar-refractivity contribution is -0.155. The molecular formula is C54H69N7O7. The number of rotatable bonds is 9. The van der Waals surface area contributed by atoms with Gasteiger partial charge in [0.05, 0.1) is 36.7 Å². The van der Waals surface area contributed by atoms with Gasteiger partial charge in [0.15, 0.2) is 6.10 Å². The van der Waals surface area contributed by atoms with Gasteiger partial charge in [-0.15, -0.1) is 0 Å². The second kappa shape index (κ2) is 19.0. The van der Waals surface area contributed by atoms with Gasteiger partial charge < -0.3 is 29.0 Å². The number of aryl methyl sites for hydroxylation is 1. The van der Waals surface area contributed by atoms with Crippen LogP contribution in [0.4, 0.5) is 0 Å². The number of epoxide rings is 1. The molecule has 10 rings (SSSR count). The molecule has 2 N–H and O–H groups in total. The largest absolute Gasteiger partial charge is 0.464 e. The minimum atomic E-state index is -0.894. The molecule has 1 saturated carbocycles. The fourth-order valence-electron chi connectivity index (χ4n) is 12.3. The summed E-state index contributed by atoms with van der Waals surface area (Å²) < 4.78 is 19.8. The zero-order valence-electron chi connectivity index (χ0n) is 40.6. The number of hydrogen-bond donors (Lipinski definition) is 2. The van der Waals surface area contributed by atoms with Crippen LogP contribution in [0.5, 0.6) is 0 Å². The zero-order chi connectivity index (χ0) is 47.3. The van der Waals surface area contributed by atoms with Crippen molar-refractivity contribution in [2.45, 2.75) is 129 Å². The second-order valence-corrected chi connectivity index (χ2v) is 21.4. The molecule has 6 atom stereocenters. The van der Waals surface area contributed by atoms with Gasteiger partial charge in [-0.25, -0.2) is 5.43 Å². The highest BCUT2D eigenvalue weighted by Crippen LogP contribution is 2.44. The Hall–Kier alpha value is -5.15. The van der Waals surface area contributed by atoms with Gasteiger partial charge in [-0.2, -0.15) is 0 Å². The van der Waals surface area contributed by atoms with E-state index >= 15 is 4.79 Å². The van der Waals surface area contributed by atoms with Gasteiger partial charge in [-0.05, 0) is 118 Å². The molecule has 4 aromatic rings. The SMILES string of the molecule is CCn1c(-c2cccnc2[C@H](C)OC)c2c3cc(ccc31)-c1cccc(c1)C[C@H](NC(=O)[C@H](C1CCCC1)N1CC[C@]3(CCN(C(=O)[C@H]4CO4)C3)C1)C(=O)N1CCC[C@H](N1)C(=O)OCC(C)(C)C2. The Labute approximate surface area is 400 Å². The Morgan fingerprint density at radius 3 is 2.54 bits per heavy atom.